The molecule has 2 nitrogen and oxygen atoms in total. The monoisotopic (exact) mass is 283 g/mol. The smallest absolute Gasteiger partial charge is 0.176 e. The van der Waals surface area contributed by atoms with E-state index >= 15 is 0 Å². The predicted molar refractivity (Wildman–Crippen MR) is 70.9 cm³/mol. The van der Waals surface area contributed by atoms with Crippen LogP contribution in [-0.2, 0) is 0 Å². The molecule has 1 aromatic rings. The fraction of sp³-hybridized carbons (Fsp3) is 0.462. The molecule has 0 saturated carbocycles. The number of halogens is 1. The Morgan fingerprint density at radius 3 is 2.56 bits per heavy atom. The molecular formula is C13H18BrNO. The van der Waals surface area contributed by atoms with Gasteiger partial charge in [-0.25, -0.2) is 0 Å². The largest absolute Gasteiger partial charge is 0.310 e. The number of hydrogen-bond donors (Lipinski definition) is 1. The quantitative estimate of drug-likeness (QED) is 0.614. The fourth-order valence-electron chi connectivity index (χ4n) is 1.44. The highest BCUT2D eigenvalue weighted by Gasteiger charge is 2.03. The molecule has 1 rings (SSSR count). The summed E-state index contributed by atoms with van der Waals surface area (Å²) in [4.78, 5) is 11.7. The molecule has 1 aromatic carbocycles. The number of unbranched alkanes of at least 4 members (excludes halogenated alkanes) is 2. The molecule has 0 aromatic heterocycles. The molecule has 0 heterocycles. The van der Waals surface area contributed by atoms with Crippen LogP contribution < -0.4 is 5.32 Å². The third kappa shape index (κ3) is 4.90. The molecule has 0 spiro atoms. The first kappa shape index (κ1) is 13.4. The summed E-state index contributed by atoms with van der Waals surface area (Å²) in [7, 11) is 0. The number of nitrogens with one attached hydrogen (secondary N) is 1. The first-order valence-electron chi connectivity index (χ1n) is 5.73. The first-order valence-corrected chi connectivity index (χ1v) is 6.53. The summed E-state index contributed by atoms with van der Waals surface area (Å²) >= 11 is 3.35. The lowest BCUT2D eigenvalue weighted by molar-refractivity contribution is 0.0991. The number of benzene rings is 1. The summed E-state index contributed by atoms with van der Waals surface area (Å²) in [6.45, 7) is 3.54. The number of ketones is 1. The van der Waals surface area contributed by atoms with E-state index < -0.39 is 0 Å². The maximum atomic E-state index is 11.7. The predicted octanol–water partition coefficient (Wildman–Crippen LogP) is 3.41. The molecular weight excluding hydrogens is 266 g/mol. The number of carbonyl (C=O) groups is 1. The van der Waals surface area contributed by atoms with Gasteiger partial charge in [-0.15, -0.1) is 0 Å². The van der Waals surface area contributed by atoms with Crippen molar-refractivity contribution >= 4 is 21.7 Å². The molecule has 0 radical (unpaired) electrons. The van der Waals surface area contributed by atoms with Gasteiger partial charge in [0.05, 0.1) is 6.54 Å². The van der Waals surface area contributed by atoms with E-state index in [2.05, 4.69) is 28.2 Å². The van der Waals surface area contributed by atoms with Crippen molar-refractivity contribution in [2.75, 3.05) is 13.1 Å². The van der Waals surface area contributed by atoms with Crippen LogP contribution in [0.15, 0.2) is 28.7 Å². The molecule has 16 heavy (non-hydrogen) atoms. The molecule has 0 saturated heterocycles. The maximum Gasteiger partial charge on any atom is 0.176 e. The van der Waals surface area contributed by atoms with Gasteiger partial charge in [-0.05, 0) is 25.1 Å². The van der Waals surface area contributed by atoms with Crippen LogP contribution in [0.4, 0.5) is 0 Å². The molecule has 0 fully saturated rings. The van der Waals surface area contributed by atoms with E-state index in [-0.39, 0.29) is 5.78 Å². The second-order valence-corrected chi connectivity index (χ2v) is 4.73. The van der Waals surface area contributed by atoms with Crippen LogP contribution in [0.3, 0.4) is 0 Å². The second kappa shape index (κ2) is 7.58. The Morgan fingerprint density at radius 1 is 1.25 bits per heavy atom. The van der Waals surface area contributed by atoms with Crippen LogP contribution in [0.2, 0.25) is 0 Å². The maximum absolute atomic E-state index is 11.7. The Hall–Kier alpha value is -0.670. The number of rotatable bonds is 7. The third-order valence-electron chi connectivity index (χ3n) is 2.41. The second-order valence-electron chi connectivity index (χ2n) is 3.81. The van der Waals surface area contributed by atoms with Crippen molar-refractivity contribution in [2.45, 2.75) is 26.2 Å². The van der Waals surface area contributed by atoms with Crippen molar-refractivity contribution < 1.29 is 4.79 Å². The van der Waals surface area contributed by atoms with Crippen molar-refractivity contribution in [3.8, 4) is 0 Å². The van der Waals surface area contributed by atoms with Crippen LogP contribution in [0.5, 0.6) is 0 Å². The molecule has 0 amide bonds. The summed E-state index contributed by atoms with van der Waals surface area (Å²) in [5, 5.41) is 3.17. The number of hydrogen-bond acceptors (Lipinski definition) is 2. The standard InChI is InChI=1S/C13H18BrNO/c1-2-3-4-9-15-10-13(16)11-5-7-12(14)8-6-11/h5-8,15H,2-4,9-10H2,1H3. The topological polar surface area (TPSA) is 29.1 Å². The van der Waals surface area contributed by atoms with Gasteiger partial charge in [-0.3, -0.25) is 4.79 Å². The Morgan fingerprint density at radius 2 is 1.94 bits per heavy atom. The molecule has 0 bridgehead atoms. The normalized spacial score (nSPS) is 10.4. The third-order valence-corrected chi connectivity index (χ3v) is 2.94. The molecule has 1 N–H and O–H groups in total. The SMILES string of the molecule is CCCCCNCC(=O)c1ccc(Br)cc1. The summed E-state index contributed by atoms with van der Waals surface area (Å²) < 4.78 is 1.000. The van der Waals surface area contributed by atoms with Crippen LogP contribution in [0, 0.1) is 0 Å². The average molecular weight is 284 g/mol. The van der Waals surface area contributed by atoms with Crippen molar-refractivity contribution in [1.82, 2.24) is 5.32 Å². The van der Waals surface area contributed by atoms with Crippen molar-refractivity contribution in [3.05, 3.63) is 34.3 Å². The van der Waals surface area contributed by atoms with Gasteiger partial charge in [-0.2, -0.15) is 0 Å². The van der Waals surface area contributed by atoms with Gasteiger partial charge < -0.3 is 5.32 Å². The van der Waals surface area contributed by atoms with Gasteiger partial charge in [0, 0.05) is 10.0 Å². The number of Topliss-reactive ketones (excluding diaryl/α,β-unsaturated/α-hetero) is 1. The molecule has 88 valence electrons. The van der Waals surface area contributed by atoms with E-state index in [1.165, 1.54) is 12.8 Å². The van der Waals surface area contributed by atoms with E-state index in [4.69, 9.17) is 0 Å². The lowest BCUT2D eigenvalue weighted by Gasteiger charge is -2.03. The van der Waals surface area contributed by atoms with Crippen LogP contribution in [-0.4, -0.2) is 18.9 Å². The fourth-order valence-corrected chi connectivity index (χ4v) is 1.70. The Balaban J connectivity index is 2.27. The first-order chi connectivity index (χ1) is 7.74. The highest BCUT2D eigenvalue weighted by Crippen LogP contribution is 2.10. The van der Waals surface area contributed by atoms with Crippen molar-refractivity contribution in [2.24, 2.45) is 0 Å². The Kier molecular flexibility index (Phi) is 6.34. The van der Waals surface area contributed by atoms with Gasteiger partial charge >= 0.3 is 0 Å². The zero-order valence-electron chi connectivity index (χ0n) is 9.63. The van der Waals surface area contributed by atoms with E-state index in [0.29, 0.717) is 6.54 Å². The minimum atomic E-state index is 0.156. The summed E-state index contributed by atoms with van der Waals surface area (Å²) in [5.74, 6) is 0.156. The van der Waals surface area contributed by atoms with Crippen LogP contribution >= 0.6 is 15.9 Å². The molecule has 0 aliphatic rings. The van der Waals surface area contributed by atoms with Gasteiger partial charge in [0.1, 0.15) is 0 Å². The van der Waals surface area contributed by atoms with Gasteiger partial charge in [0.25, 0.3) is 0 Å². The van der Waals surface area contributed by atoms with Crippen molar-refractivity contribution in [1.29, 1.82) is 0 Å². The zero-order chi connectivity index (χ0) is 11.8. The number of carbonyl (C=O) groups excluding carboxylic acids is 1. The molecule has 0 atom stereocenters. The highest BCUT2D eigenvalue weighted by atomic mass is 79.9. The summed E-state index contributed by atoms with van der Waals surface area (Å²) in [6.07, 6.45) is 3.58. The van der Waals surface area contributed by atoms with Crippen LogP contribution in [0.1, 0.15) is 36.5 Å². The lowest BCUT2D eigenvalue weighted by Crippen LogP contribution is -2.23. The average Bonchev–Trinajstić information content (AvgIpc) is 2.29. The van der Waals surface area contributed by atoms with E-state index in [9.17, 15) is 4.79 Å². The van der Waals surface area contributed by atoms with Crippen molar-refractivity contribution in [3.63, 3.8) is 0 Å². The van der Waals surface area contributed by atoms with Gasteiger partial charge in [-0.1, -0.05) is 47.8 Å². The zero-order valence-corrected chi connectivity index (χ0v) is 11.2. The minimum Gasteiger partial charge on any atom is -0.310 e. The van der Waals surface area contributed by atoms with Crippen LogP contribution in [0.25, 0.3) is 0 Å². The Labute approximate surface area is 106 Å². The van der Waals surface area contributed by atoms with Gasteiger partial charge in [0.15, 0.2) is 5.78 Å². The summed E-state index contributed by atoms with van der Waals surface area (Å²) in [6, 6.07) is 7.48. The lowest BCUT2D eigenvalue weighted by atomic mass is 10.1. The minimum absolute atomic E-state index is 0.156. The van der Waals surface area contributed by atoms with E-state index in [0.717, 1.165) is 23.0 Å². The summed E-state index contributed by atoms with van der Waals surface area (Å²) in [5.41, 5.74) is 0.770. The van der Waals surface area contributed by atoms with E-state index in [1.54, 1.807) is 0 Å². The molecule has 0 aliphatic carbocycles. The molecule has 0 unspecified atom stereocenters. The molecule has 0 aliphatic heterocycles. The Bertz CT molecular complexity index is 321. The van der Waals surface area contributed by atoms with E-state index in [1.807, 2.05) is 24.3 Å². The highest BCUT2D eigenvalue weighted by molar-refractivity contribution is 9.10. The molecule has 3 heteroatoms. The van der Waals surface area contributed by atoms with Gasteiger partial charge in [0.2, 0.25) is 0 Å².